The lowest BCUT2D eigenvalue weighted by Gasteiger charge is -2.23. The average molecular weight is 303 g/mol. The molecule has 1 aromatic heterocycles. The summed E-state index contributed by atoms with van der Waals surface area (Å²) in [6, 6.07) is 0. The first-order valence-corrected chi connectivity index (χ1v) is 7.93. The Morgan fingerprint density at radius 3 is 2.56 bits per heavy atom. The molecule has 4 heteroatoms. The second-order valence-corrected chi connectivity index (χ2v) is 6.78. The third-order valence-corrected chi connectivity index (χ3v) is 6.43. The highest BCUT2D eigenvalue weighted by atomic mass is 79.9. The minimum absolute atomic E-state index is 0.358. The standard InChI is InChI=1S/C12H19BrN2S/c1-3-9(13)10-14-15-11(16-10)12(4-2)7-5-6-8-12/h9H,3-8H2,1-2H3. The molecule has 2 rings (SSSR count). The van der Waals surface area contributed by atoms with Gasteiger partial charge in [-0.05, 0) is 25.7 Å². The molecule has 1 aliphatic rings. The molecule has 1 heterocycles. The summed E-state index contributed by atoms with van der Waals surface area (Å²) in [7, 11) is 0. The SMILES string of the molecule is CCC(Br)c1nnc(C2(CC)CCCC2)s1. The number of rotatable bonds is 4. The predicted octanol–water partition coefficient (Wildman–Crippen LogP) is 4.61. The van der Waals surface area contributed by atoms with Crippen LogP contribution in [0.1, 0.15) is 67.2 Å². The van der Waals surface area contributed by atoms with E-state index in [9.17, 15) is 0 Å². The fourth-order valence-electron chi connectivity index (χ4n) is 2.52. The third-order valence-electron chi connectivity index (χ3n) is 3.76. The zero-order valence-corrected chi connectivity index (χ0v) is 12.4. The highest BCUT2D eigenvalue weighted by Gasteiger charge is 2.37. The van der Waals surface area contributed by atoms with Gasteiger partial charge >= 0.3 is 0 Å². The van der Waals surface area contributed by atoms with E-state index in [2.05, 4.69) is 40.0 Å². The predicted molar refractivity (Wildman–Crippen MR) is 72.3 cm³/mol. The topological polar surface area (TPSA) is 25.8 Å². The van der Waals surface area contributed by atoms with Gasteiger partial charge in [0.1, 0.15) is 10.0 Å². The van der Waals surface area contributed by atoms with Crippen LogP contribution in [0.15, 0.2) is 0 Å². The molecule has 0 aliphatic heterocycles. The van der Waals surface area contributed by atoms with Crippen molar-refractivity contribution in [2.45, 2.75) is 62.6 Å². The first-order valence-electron chi connectivity index (χ1n) is 6.20. The molecular formula is C12H19BrN2S. The summed E-state index contributed by atoms with van der Waals surface area (Å²) in [4.78, 5) is 0.383. The fraction of sp³-hybridized carbons (Fsp3) is 0.833. The number of hydrogen-bond acceptors (Lipinski definition) is 3. The van der Waals surface area contributed by atoms with Crippen molar-refractivity contribution in [1.82, 2.24) is 10.2 Å². The van der Waals surface area contributed by atoms with Crippen molar-refractivity contribution in [3.63, 3.8) is 0 Å². The molecule has 1 saturated carbocycles. The lowest BCUT2D eigenvalue weighted by Crippen LogP contribution is -2.20. The summed E-state index contributed by atoms with van der Waals surface area (Å²) in [6.07, 6.45) is 7.60. The first kappa shape index (κ1) is 12.5. The monoisotopic (exact) mass is 302 g/mol. The molecule has 0 N–H and O–H groups in total. The van der Waals surface area contributed by atoms with Gasteiger partial charge in [-0.25, -0.2) is 0 Å². The van der Waals surface area contributed by atoms with Crippen molar-refractivity contribution in [2.24, 2.45) is 0 Å². The molecular weight excluding hydrogens is 284 g/mol. The van der Waals surface area contributed by atoms with E-state index < -0.39 is 0 Å². The van der Waals surface area contributed by atoms with Crippen LogP contribution >= 0.6 is 27.3 Å². The number of nitrogens with zero attached hydrogens (tertiary/aromatic N) is 2. The van der Waals surface area contributed by atoms with Gasteiger partial charge in [0, 0.05) is 5.41 Å². The fourth-order valence-corrected chi connectivity index (χ4v) is 4.11. The Balaban J connectivity index is 2.23. The van der Waals surface area contributed by atoms with Crippen LogP contribution in [0.25, 0.3) is 0 Å². The van der Waals surface area contributed by atoms with E-state index in [-0.39, 0.29) is 0 Å². The molecule has 0 saturated heterocycles. The molecule has 1 aromatic rings. The molecule has 16 heavy (non-hydrogen) atoms. The lowest BCUT2D eigenvalue weighted by molar-refractivity contribution is 0.419. The average Bonchev–Trinajstić information content (AvgIpc) is 2.96. The van der Waals surface area contributed by atoms with Crippen molar-refractivity contribution in [3.8, 4) is 0 Å². The normalized spacial score (nSPS) is 21.2. The minimum Gasteiger partial charge on any atom is -0.143 e. The van der Waals surface area contributed by atoms with E-state index in [1.54, 1.807) is 0 Å². The van der Waals surface area contributed by atoms with Gasteiger partial charge in [0.15, 0.2) is 0 Å². The molecule has 0 amide bonds. The van der Waals surface area contributed by atoms with Crippen LogP contribution in [0, 0.1) is 0 Å². The van der Waals surface area contributed by atoms with Gasteiger partial charge in [-0.1, -0.05) is 54.0 Å². The summed E-state index contributed by atoms with van der Waals surface area (Å²) in [5.41, 5.74) is 0.358. The molecule has 0 aromatic carbocycles. The molecule has 1 unspecified atom stereocenters. The smallest absolute Gasteiger partial charge is 0.131 e. The Hall–Kier alpha value is 0.0400. The van der Waals surface area contributed by atoms with Crippen LogP contribution in [0.5, 0.6) is 0 Å². The molecule has 0 radical (unpaired) electrons. The van der Waals surface area contributed by atoms with Crippen molar-refractivity contribution in [2.75, 3.05) is 0 Å². The van der Waals surface area contributed by atoms with E-state index >= 15 is 0 Å². The van der Waals surface area contributed by atoms with Gasteiger partial charge in [0.2, 0.25) is 0 Å². The van der Waals surface area contributed by atoms with E-state index in [0.29, 0.717) is 10.2 Å². The summed E-state index contributed by atoms with van der Waals surface area (Å²) < 4.78 is 0. The Morgan fingerprint density at radius 1 is 1.31 bits per heavy atom. The number of alkyl halides is 1. The Kier molecular flexibility index (Phi) is 4.01. The number of aromatic nitrogens is 2. The maximum atomic E-state index is 4.45. The lowest BCUT2D eigenvalue weighted by atomic mass is 9.84. The van der Waals surface area contributed by atoms with E-state index in [1.165, 1.54) is 37.1 Å². The second-order valence-electron chi connectivity index (χ2n) is 4.66. The molecule has 2 nitrogen and oxygen atoms in total. The Bertz CT molecular complexity index is 345. The van der Waals surface area contributed by atoms with Crippen LogP contribution < -0.4 is 0 Å². The highest BCUT2D eigenvalue weighted by molar-refractivity contribution is 9.09. The molecule has 0 bridgehead atoms. The maximum Gasteiger partial charge on any atom is 0.131 e. The summed E-state index contributed by atoms with van der Waals surface area (Å²) >= 11 is 5.47. The van der Waals surface area contributed by atoms with Crippen LogP contribution in [0.2, 0.25) is 0 Å². The summed E-state index contributed by atoms with van der Waals surface area (Å²) in [6.45, 7) is 4.46. The number of hydrogen-bond donors (Lipinski definition) is 0. The summed E-state index contributed by atoms with van der Waals surface area (Å²) in [5, 5.41) is 11.2. The third kappa shape index (κ3) is 2.19. The maximum absolute atomic E-state index is 4.45. The van der Waals surface area contributed by atoms with Crippen molar-refractivity contribution < 1.29 is 0 Å². The number of halogens is 1. The Morgan fingerprint density at radius 2 is 2.00 bits per heavy atom. The van der Waals surface area contributed by atoms with Crippen molar-refractivity contribution in [1.29, 1.82) is 0 Å². The first-order chi connectivity index (χ1) is 7.72. The van der Waals surface area contributed by atoms with Crippen molar-refractivity contribution in [3.05, 3.63) is 10.0 Å². The van der Waals surface area contributed by atoms with Gasteiger partial charge < -0.3 is 0 Å². The van der Waals surface area contributed by atoms with E-state index in [4.69, 9.17) is 0 Å². The molecule has 1 aliphatic carbocycles. The molecule has 90 valence electrons. The largest absolute Gasteiger partial charge is 0.143 e. The van der Waals surface area contributed by atoms with Crippen LogP contribution in [0.4, 0.5) is 0 Å². The van der Waals surface area contributed by atoms with Crippen LogP contribution in [0.3, 0.4) is 0 Å². The van der Waals surface area contributed by atoms with Crippen molar-refractivity contribution >= 4 is 27.3 Å². The molecule has 1 fully saturated rings. The van der Waals surface area contributed by atoms with Gasteiger partial charge in [0.05, 0.1) is 4.83 Å². The molecule has 1 atom stereocenters. The van der Waals surface area contributed by atoms with Gasteiger partial charge in [-0.3, -0.25) is 0 Å². The van der Waals surface area contributed by atoms with Crippen LogP contribution in [-0.4, -0.2) is 10.2 Å². The summed E-state index contributed by atoms with van der Waals surface area (Å²) in [5.74, 6) is 0. The zero-order valence-electron chi connectivity index (χ0n) is 10.0. The quantitative estimate of drug-likeness (QED) is 0.759. The molecule has 0 spiro atoms. The van der Waals surface area contributed by atoms with Gasteiger partial charge in [0.25, 0.3) is 0 Å². The van der Waals surface area contributed by atoms with Gasteiger partial charge in [-0.15, -0.1) is 10.2 Å². The minimum atomic E-state index is 0.358. The second kappa shape index (κ2) is 5.13. The van der Waals surface area contributed by atoms with E-state index in [1.807, 2.05) is 11.3 Å². The Labute approximate surface area is 110 Å². The van der Waals surface area contributed by atoms with E-state index in [0.717, 1.165) is 11.4 Å². The highest BCUT2D eigenvalue weighted by Crippen LogP contribution is 2.45. The van der Waals surface area contributed by atoms with Gasteiger partial charge in [-0.2, -0.15) is 0 Å². The zero-order chi connectivity index (χ0) is 11.6. The van der Waals surface area contributed by atoms with Crippen LogP contribution in [-0.2, 0) is 5.41 Å².